The molecule has 1 saturated heterocycles. The van der Waals surface area contributed by atoms with Gasteiger partial charge in [0.05, 0.1) is 17.4 Å². The van der Waals surface area contributed by atoms with E-state index in [2.05, 4.69) is 10.6 Å². The van der Waals surface area contributed by atoms with Gasteiger partial charge in [-0.05, 0) is 31.9 Å². The number of para-hydroxylation sites is 1. The van der Waals surface area contributed by atoms with Gasteiger partial charge in [-0.2, -0.15) is 0 Å². The lowest BCUT2D eigenvalue weighted by Gasteiger charge is -2.15. The summed E-state index contributed by atoms with van der Waals surface area (Å²) in [6.45, 7) is 2.79. The molecule has 0 saturated carbocycles. The molecule has 2 amide bonds. The first-order chi connectivity index (χ1) is 10.2. The van der Waals surface area contributed by atoms with Gasteiger partial charge < -0.3 is 21.1 Å². The van der Waals surface area contributed by atoms with Crippen LogP contribution in [0.25, 0.3) is 0 Å². The van der Waals surface area contributed by atoms with E-state index in [9.17, 15) is 9.59 Å². The van der Waals surface area contributed by atoms with Crippen LogP contribution in [0.3, 0.4) is 0 Å². The van der Waals surface area contributed by atoms with Crippen molar-refractivity contribution in [3.63, 3.8) is 0 Å². The van der Waals surface area contributed by atoms with Crippen molar-refractivity contribution in [1.82, 2.24) is 5.32 Å². The fourth-order valence-electron chi connectivity index (χ4n) is 2.33. The zero-order chi connectivity index (χ0) is 15.2. The van der Waals surface area contributed by atoms with Gasteiger partial charge in [0.15, 0.2) is 0 Å². The summed E-state index contributed by atoms with van der Waals surface area (Å²) >= 11 is 0. The Morgan fingerprint density at radius 2 is 2.05 bits per heavy atom. The van der Waals surface area contributed by atoms with E-state index >= 15 is 0 Å². The zero-order valence-corrected chi connectivity index (χ0v) is 13.3. The number of carbonyl (C=O) groups excluding carboxylic acids is 2. The minimum absolute atomic E-state index is 0. The lowest BCUT2D eigenvalue weighted by Crippen LogP contribution is -2.31. The van der Waals surface area contributed by atoms with Crippen molar-refractivity contribution in [2.45, 2.75) is 32.0 Å². The third-order valence-corrected chi connectivity index (χ3v) is 3.43. The molecule has 0 aromatic heterocycles. The van der Waals surface area contributed by atoms with Gasteiger partial charge in [0.25, 0.3) is 11.8 Å². The minimum Gasteiger partial charge on any atom is -0.364 e. The average Bonchev–Trinajstić information content (AvgIpc) is 2.97. The summed E-state index contributed by atoms with van der Waals surface area (Å²) in [5.41, 5.74) is 6.48. The maximum absolute atomic E-state index is 12.2. The average molecular weight is 328 g/mol. The fourth-order valence-corrected chi connectivity index (χ4v) is 2.33. The molecule has 122 valence electrons. The van der Waals surface area contributed by atoms with Crippen molar-refractivity contribution in [2.24, 2.45) is 5.73 Å². The first-order valence-electron chi connectivity index (χ1n) is 7.19. The smallest absolute Gasteiger partial charge is 0.253 e. The maximum atomic E-state index is 12.2. The van der Waals surface area contributed by atoms with Crippen LogP contribution < -0.4 is 16.4 Å². The van der Waals surface area contributed by atoms with E-state index in [1.165, 1.54) is 0 Å². The lowest BCUT2D eigenvalue weighted by molar-refractivity contribution is -0.126. The molecule has 1 aliphatic heterocycles. The molecular weight excluding hydrogens is 306 g/mol. The van der Waals surface area contributed by atoms with E-state index in [0.29, 0.717) is 30.8 Å². The molecule has 2 rings (SSSR count). The zero-order valence-electron chi connectivity index (χ0n) is 12.5. The number of benzene rings is 1. The molecule has 0 bridgehead atoms. The molecule has 0 spiro atoms. The number of anilines is 1. The highest BCUT2D eigenvalue weighted by atomic mass is 35.5. The van der Waals surface area contributed by atoms with Gasteiger partial charge in [0, 0.05) is 13.1 Å². The van der Waals surface area contributed by atoms with Crippen molar-refractivity contribution in [1.29, 1.82) is 0 Å². The molecule has 1 aliphatic rings. The molecule has 6 nitrogen and oxygen atoms in total. The summed E-state index contributed by atoms with van der Waals surface area (Å²) < 4.78 is 5.55. The summed E-state index contributed by atoms with van der Waals surface area (Å²) in [7, 11) is 0. The molecule has 1 fully saturated rings. The molecule has 2 atom stereocenters. The largest absolute Gasteiger partial charge is 0.364 e. The predicted octanol–water partition coefficient (Wildman–Crippen LogP) is 1.30. The Morgan fingerprint density at radius 1 is 1.32 bits per heavy atom. The second-order valence-electron chi connectivity index (χ2n) is 4.95. The molecule has 1 aromatic carbocycles. The quantitative estimate of drug-likeness (QED) is 0.760. The molecule has 22 heavy (non-hydrogen) atoms. The Balaban J connectivity index is 0.00000242. The Kier molecular flexibility index (Phi) is 7.31. The Bertz CT molecular complexity index is 525. The number of nitrogens with one attached hydrogen (secondary N) is 2. The molecule has 1 heterocycles. The van der Waals surface area contributed by atoms with Crippen LogP contribution in [-0.4, -0.2) is 37.1 Å². The molecule has 1 aromatic rings. The van der Waals surface area contributed by atoms with Crippen LogP contribution in [0.4, 0.5) is 5.69 Å². The molecule has 0 radical (unpaired) electrons. The van der Waals surface area contributed by atoms with E-state index in [1.807, 2.05) is 6.92 Å². The van der Waals surface area contributed by atoms with Crippen LogP contribution in [-0.2, 0) is 9.53 Å². The van der Waals surface area contributed by atoms with E-state index < -0.39 is 6.10 Å². The maximum Gasteiger partial charge on any atom is 0.253 e. The Morgan fingerprint density at radius 3 is 2.68 bits per heavy atom. The van der Waals surface area contributed by atoms with Crippen LogP contribution in [0.2, 0.25) is 0 Å². The summed E-state index contributed by atoms with van der Waals surface area (Å²) in [4.78, 5) is 24.2. The van der Waals surface area contributed by atoms with Gasteiger partial charge >= 0.3 is 0 Å². The number of nitrogens with two attached hydrogens (primary N) is 1. The second-order valence-corrected chi connectivity index (χ2v) is 4.95. The number of ether oxygens (including phenoxy) is 1. The summed E-state index contributed by atoms with van der Waals surface area (Å²) in [6, 6.07) is 6.92. The topological polar surface area (TPSA) is 93.5 Å². The highest BCUT2D eigenvalue weighted by molar-refractivity contribution is 6.04. The van der Waals surface area contributed by atoms with Gasteiger partial charge in [-0.3, -0.25) is 9.59 Å². The normalized spacial score (nSPS) is 20.1. The van der Waals surface area contributed by atoms with Crippen LogP contribution in [0.5, 0.6) is 0 Å². The number of halogens is 1. The predicted molar refractivity (Wildman–Crippen MR) is 87.3 cm³/mol. The van der Waals surface area contributed by atoms with Crippen LogP contribution in [0, 0.1) is 0 Å². The number of amides is 2. The van der Waals surface area contributed by atoms with E-state index in [4.69, 9.17) is 10.5 Å². The summed E-state index contributed by atoms with van der Waals surface area (Å²) in [5.74, 6) is -0.441. The molecule has 7 heteroatoms. The number of hydrogen-bond donors (Lipinski definition) is 3. The standard InChI is InChI=1S/C15H21N3O3.ClH/c1-2-17-14(19)11-5-3-4-6-12(11)18-15(20)13-8-7-10(9-16)21-13;/h3-6,10,13H,2,7-9,16H2,1H3,(H,17,19)(H,18,20);1H/t10-,13+;/m1./s1. The van der Waals surface area contributed by atoms with Gasteiger partial charge in [0.1, 0.15) is 6.10 Å². The highest BCUT2D eigenvalue weighted by Gasteiger charge is 2.30. The Hall–Kier alpha value is -1.63. The lowest BCUT2D eigenvalue weighted by atomic mass is 10.1. The molecule has 0 aliphatic carbocycles. The summed E-state index contributed by atoms with van der Waals surface area (Å²) in [5, 5.41) is 5.49. The first kappa shape index (κ1) is 18.4. The van der Waals surface area contributed by atoms with Crippen molar-refractivity contribution < 1.29 is 14.3 Å². The molecular formula is C15H22ClN3O3. The molecule has 0 unspecified atom stereocenters. The monoisotopic (exact) mass is 327 g/mol. The number of rotatable bonds is 5. The van der Waals surface area contributed by atoms with Gasteiger partial charge in [-0.1, -0.05) is 12.1 Å². The summed E-state index contributed by atoms with van der Waals surface area (Å²) in [6.07, 6.45) is 0.879. The Labute approximate surface area is 136 Å². The van der Waals surface area contributed by atoms with Gasteiger partial charge in [-0.15, -0.1) is 12.4 Å². The van der Waals surface area contributed by atoms with E-state index in [1.54, 1.807) is 24.3 Å². The van der Waals surface area contributed by atoms with Crippen molar-refractivity contribution in [2.75, 3.05) is 18.4 Å². The third-order valence-electron chi connectivity index (χ3n) is 3.43. The fraction of sp³-hybridized carbons (Fsp3) is 0.467. The second kappa shape index (κ2) is 8.73. The van der Waals surface area contributed by atoms with Gasteiger partial charge in [0.2, 0.25) is 0 Å². The SMILES string of the molecule is CCNC(=O)c1ccccc1NC(=O)[C@@H]1CC[C@H](CN)O1.Cl. The molecule has 4 N–H and O–H groups in total. The van der Waals surface area contributed by atoms with Crippen LogP contribution >= 0.6 is 12.4 Å². The first-order valence-corrected chi connectivity index (χ1v) is 7.19. The minimum atomic E-state index is -0.499. The van der Waals surface area contributed by atoms with E-state index in [0.717, 1.165) is 6.42 Å². The number of hydrogen-bond acceptors (Lipinski definition) is 4. The van der Waals surface area contributed by atoms with Crippen LogP contribution in [0.1, 0.15) is 30.1 Å². The van der Waals surface area contributed by atoms with Crippen molar-refractivity contribution >= 4 is 29.9 Å². The van der Waals surface area contributed by atoms with Crippen molar-refractivity contribution in [3.05, 3.63) is 29.8 Å². The van der Waals surface area contributed by atoms with Crippen molar-refractivity contribution in [3.8, 4) is 0 Å². The van der Waals surface area contributed by atoms with Gasteiger partial charge in [-0.25, -0.2) is 0 Å². The highest BCUT2D eigenvalue weighted by Crippen LogP contribution is 2.22. The van der Waals surface area contributed by atoms with Crippen LogP contribution in [0.15, 0.2) is 24.3 Å². The van der Waals surface area contributed by atoms with E-state index in [-0.39, 0.29) is 30.3 Å². The third kappa shape index (κ3) is 4.43. The number of carbonyl (C=O) groups is 2.